The molecule has 4 aromatic carbocycles. The first-order chi connectivity index (χ1) is 13.3. The fraction of sp³-hybridized carbons (Fsp3) is 0.0435. The molecule has 0 aliphatic carbocycles. The lowest BCUT2D eigenvalue weighted by Crippen LogP contribution is -2.02. The zero-order valence-corrected chi connectivity index (χ0v) is 15.3. The van der Waals surface area contributed by atoms with E-state index in [0.29, 0.717) is 11.6 Å². The Balaban J connectivity index is 1.63. The summed E-state index contributed by atoms with van der Waals surface area (Å²) in [6.07, 6.45) is 1.96. The average Bonchev–Trinajstić information content (AvgIpc) is 3.16. The third-order valence-corrected chi connectivity index (χ3v) is 5.22. The van der Waals surface area contributed by atoms with Crippen LogP contribution >= 0.6 is 11.6 Å². The topological polar surface area (TPSA) is 30.7 Å². The molecule has 0 amide bonds. The van der Waals surface area contributed by atoms with Crippen molar-refractivity contribution < 1.29 is 0 Å². The minimum absolute atomic E-state index is 0.652. The van der Waals surface area contributed by atoms with Gasteiger partial charge >= 0.3 is 0 Å². The first kappa shape index (κ1) is 16.0. The van der Waals surface area contributed by atoms with Crippen LogP contribution in [0.2, 0.25) is 5.02 Å². The Morgan fingerprint density at radius 3 is 2.11 bits per heavy atom. The van der Waals surface area contributed by atoms with Crippen molar-refractivity contribution in [2.75, 3.05) is 0 Å². The van der Waals surface area contributed by atoms with Crippen LogP contribution in [0.4, 0.5) is 0 Å². The Morgan fingerprint density at radius 2 is 1.41 bits per heavy atom. The molecule has 1 aromatic heterocycles. The van der Waals surface area contributed by atoms with Gasteiger partial charge in [-0.25, -0.2) is 4.68 Å². The number of rotatable bonds is 3. The molecule has 0 aliphatic heterocycles. The summed E-state index contributed by atoms with van der Waals surface area (Å²) in [7, 11) is 0. The molecule has 27 heavy (non-hydrogen) atoms. The van der Waals surface area contributed by atoms with Crippen molar-refractivity contribution in [3.05, 3.63) is 95.6 Å². The Hall–Kier alpha value is -3.17. The van der Waals surface area contributed by atoms with Crippen LogP contribution in [-0.4, -0.2) is 15.0 Å². The molecular formula is C23H16ClN3. The molecule has 130 valence electrons. The van der Waals surface area contributed by atoms with Crippen molar-refractivity contribution in [1.29, 1.82) is 0 Å². The maximum atomic E-state index is 6.31. The Morgan fingerprint density at radius 1 is 0.778 bits per heavy atom. The van der Waals surface area contributed by atoms with E-state index in [9.17, 15) is 0 Å². The monoisotopic (exact) mass is 369 g/mol. The maximum absolute atomic E-state index is 6.31. The van der Waals surface area contributed by atoms with E-state index in [1.807, 2.05) is 35.1 Å². The first-order valence-electron chi connectivity index (χ1n) is 8.84. The van der Waals surface area contributed by atoms with Gasteiger partial charge in [-0.15, -0.1) is 5.10 Å². The zero-order valence-electron chi connectivity index (χ0n) is 14.5. The summed E-state index contributed by atoms with van der Waals surface area (Å²) in [5.74, 6) is 0. The zero-order chi connectivity index (χ0) is 18.2. The molecule has 0 N–H and O–H groups in total. The third-order valence-electron chi connectivity index (χ3n) is 4.89. The highest BCUT2D eigenvalue weighted by Gasteiger charge is 2.11. The Labute approximate surface area is 161 Å². The van der Waals surface area contributed by atoms with Crippen LogP contribution in [0, 0.1) is 0 Å². The molecule has 0 bridgehead atoms. The van der Waals surface area contributed by atoms with E-state index in [1.165, 1.54) is 27.1 Å². The van der Waals surface area contributed by atoms with Crippen molar-refractivity contribution in [3.8, 4) is 11.3 Å². The molecule has 5 rings (SSSR count). The predicted molar refractivity (Wildman–Crippen MR) is 111 cm³/mol. The van der Waals surface area contributed by atoms with E-state index in [-0.39, 0.29) is 0 Å². The van der Waals surface area contributed by atoms with Crippen LogP contribution < -0.4 is 0 Å². The molecule has 0 saturated carbocycles. The van der Waals surface area contributed by atoms with E-state index in [4.69, 9.17) is 11.6 Å². The predicted octanol–water partition coefficient (Wildman–Crippen LogP) is 5.95. The van der Waals surface area contributed by atoms with Gasteiger partial charge in [0, 0.05) is 5.56 Å². The van der Waals surface area contributed by atoms with Crippen LogP contribution in [0.3, 0.4) is 0 Å². The summed E-state index contributed by atoms with van der Waals surface area (Å²) in [4.78, 5) is 0. The van der Waals surface area contributed by atoms with Gasteiger partial charge in [0.25, 0.3) is 0 Å². The second-order valence-electron chi connectivity index (χ2n) is 6.58. The highest BCUT2D eigenvalue weighted by atomic mass is 35.5. The molecule has 3 nitrogen and oxygen atoms in total. The van der Waals surface area contributed by atoms with Crippen molar-refractivity contribution in [2.45, 2.75) is 6.54 Å². The number of hydrogen-bond acceptors (Lipinski definition) is 2. The van der Waals surface area contributed by atoms with E-state index < -0.39 is 0 Å². The molecular weight excluding hydrogens is 354 g/mol. The maximum Gasteiger partial charge on any atom is 0.114 e. The van der Waals surface area contributed by atoms with Gasteiger partial charge in [-0.3, -0.25) is 0 Å². The van der Waals surface area contributed by atoms with E-state index in [2.05, 4.69) is 64.9 Å². The molecule has 1 heterocycles. The second kappa shape index (κ2) is 6.53. The van der Waals surface area contributed by atoms with Crippen molar-refractivity contribution in [3.63, 3.8) is 0 Å². The minimum Gasteiger partial charge on any atom is -0.247 e. The van der Waals surface area contributed by atoms with E-state index >= 15 is 0 Å². The number of halogens is 1. The van der Waals surface area contributed by atoms with Gasteiger partial charge in [-0.05, 0) is 39.2 Å². The number of hydrogen-bond donors (Lipinski definition) is 0. The molecule has 0 atom stereocenters. The lowest BCUT2D eigenvalue weighted by molar-refractivity contribution is 0.655. The van der Waals surface area contributed by atoms with Gasteiger partial charge in [0.05, 0.1) is 17.8 Å². The summed E-state index contributed by atoms with van der Waals surface area (Å²) in [6.45, 7) is 0.652. The quantitative estimate of drug-likeness (QED) is 0.368. The summed E-state index contributed by atoms with van der Waals surface area (Å²) in [5, 5.41) is 14.3. The lowest BCUT2D eigenvalue weighted by Gasteiger charge is -2.11. The number of fused-ring (bicyclic) bond motifs is 2. The van der Waals surface area contributed by atoms with Crippen molar-refractivity contribution in [1.82, 2.24) is 15.0 Å². The summed E-state index contributed by atoms with van der Waals surface area (Å²) in [5.41, 5.74) is 2.93. The van der Waals surface area contributed by atoms with Gasteiger partial charge in [-0.2, -0.15) is 0 Å². The van der Waals surface area contributed by atoms with Gasteiger partial charge in [0.1, 0.15) is 5.69 Å². The van der Waals surface area contributed by atoms with Crippen LogP contribution in [0.25, 0.3) is 32.8 Å². The van der Waals surface area contributed by atoms with Crippen LogP contribution in [0.15, 0.2) is 85.1 Å². The SMILES string of the molecule is Clc1ccccc1-c1cn(Cc2c3ccccc3cc3ccccc23)nn1. The van der Waals surface area contributed by atoms with Crippen LogP contribution in [0.5, 0.6) is 0 Å². The Kier molecular flexibility index (Phi) is 3.88. The third kappa shape index (κ3) is 2.86. The van der Waals surface area contributed by atoms with E-state index in [1.54, 1.807) is 0 Å². The second-order valence-corrected chi connectivity index (χ2v) is 6.99. The van der Waals surface area contributed by atoms with Crippen LogP contribution in [0.1, 0.15) is 5.56 Å². The molecule has 0 radical (unpaired) electrons. The average molecular weight is 370 g/mol. The normalized spacial score (nSPS) is 11.3. The number of nitrogens with zero attached hydrogens (tertiary/aromatic N) is 3. The fourth-order valence-corrected chi connectivity index (χ4v) is 3.84. The van der Waals surface area contributed by atoms with E-state index in [0.717, 1.165) is 11.3 Å². The molecule has 0 saturated heterocycles. The molecule has 0 spiro atoms. The molecule has 0 unspecified atom stereocenters. The fourth-order valence-electron chi connectivity index (χ4n) is 3.61. The standard InChI is InChI=1S/C23H16ClN3/c24-22-12-6-5-11-20(22)23-15-27(26-25-23)14-21-18-9-3-1-7-16(18)13-17-8-2-4-10-19(17)21/h1-13,15H,14H2. The van der Waals surface area contributed by atoms with Gasteiger partial charge < -0.3 is 0 Å². The minimum atomic E-state index is 0.652. The number of aromatic nitrogens is 3. The van der Waals surface area contributed by atoms with Gasteiger partial charge in [0.15, 0.2) is 0 Å². The highest BCUT2D eigenvalue weighted by Crippen LogP contribution is 2.30. The largest absolute Gasteiger partial charge is 0.247 e. The Bertz CT molecular complexity index is 1220. The summed E-state index contributed by atoms with van der Waals surface area (Å²) in [6, 6.07) is 26.9. The molecule has 0 aliphatic rings. The van der Waals surface area contributed by atoms with Crippen molar-refractivity contribution in [2.24, 2.45) is 0 Å². The van der Waals surface area contributed by atoms with Gasteiger partial charge in [0.2, 0.25) is 0 Å². The van der Waals surface area contributed by atoms with Crippen LogP contribution in [-0.2, 0) is 6.54 Å². The lowest BCUT2D eigenvalue weighted by atomic mass is 9.97. The number of benzene rings is 4. The van der Waals surface area contributed by atoms with Gasteiger partial charge in [-0.1, -0.05) is 83.5 Å². The highest BCUT2D eigenvalue weighted by molar-refractivity contribution is 6.33. The first-order valence-corrected chi connectivity index (χ1v) is 9.22. The molecule has 4 heteroatoms. The van der Waals surface area contributed by atoms with Crippen molar-refractivity contribution >= 4 is 33.1 Å². The summed E-state index contributed by atoms with van der Waals surface area (Å²) < 4.78 is 1.88. The summed E-state index contributed by atoms with van der Waals surface area (Å²) >= 11 is 6.31. The molecule has 5 aromatic rings. The molecule has 0 fully saturated rings. The smallest absolute Gasteiger partial charge is 0.114 e.